The van der Waals surface area contributed by atoms with Crippen molar-refractivity contribution in [2.75, 3.05) is 0 Å². The fraction of sp³-hybridized carbons (Fsp3) is 0.0714. The topological polar surface area (TPSA) is 58.5 Å². The molecule has 0 saturated heterocycles. The van der Waals surface area contributed by atoms with Crippen LogP contribution >= 0.6 is 22.6 Å². The highest BCUT2D eigenvalue weighted by Gasteiger charge is 2.09. The summed E-state index contributed by atoms with van der Waals surface area (Å²) >= 11 is 2.19. The Morgan fingerprint density at radius 1 is 1.10 bits per heavy atom. The van der Waals surface area contributed by atoms with Crippen LogP contribution in [0.2, 0.25) is 0 Å². The van der Waals surface area contributed by atoms with E-state index in [-0.39, 0.29) is 5.75 Å². The van der Waals surface area contributed by atoms with E-state index in [1.165, 1.54) is 6.21 Å². The van der Waals surface area contributed by atoms with Crippen LogP contribution < -0.4 is 4.83 Å². The third-order valence-electron chi connectivity index (χ3n) is 2.45. The Bertz CT molecular complexity index is 700. The zero-order valence-electron chi connectivity index (χ0n) is 10.5. The maximum Gasteiger partial charge on any atom is 0.251 e. The molecule has 0 amide bonds. The summed E-state index contributed by atoms with van der Waals surface area (Å²) < 4.78 is 24.7. The summed E-state index contributed by atoms with van der Waals surface area (Å²) in [6, 6.07) is 16.6. The largest absolute Gasteiger partial charge is 0.251 e. The molecule has 1 N–H and O–H groups in total. The Kier molecular flexibility index (Phi) is 5.13. The molecule has 20 heavy (non-hydrogen) atoms. The van der Waals surface area contributed by atoms with Gasteiger partial charge in [0.25, 0.3) is 10.0 Å². The lowest BCUT2D eigenvalue weighted by atomic mass is 10.2. The maximum atomic E-state index is 11.8. The number of sulfonamides is 1. The summed E-state index contributed by atoms with van der Waals surface area (Å²) in [6.45, 7) is 0. The standard InChI is InChI=1S/C14H13IN2O2S/c15-14-8-4-7-13(9-14)10-16-17-20(18,19)11-12-5-2-1-3-6-12/h1-10,17H,11H2. The van der Waals surface area contributed by atoms with E-state index in [2.05, 4.69) is 32.5 Å². The third-order valence-corrected chi connectivity index (χ3v) is 4.22. The lowest BCUT2D eigenvalue weighted by Gasteiger charge is -2.03. The Morgan fingerprint density at radius 2 is 1.85 bits per heavy atom. The van der Waals surface area contributed by atoms with Crippen molar-refractivity contribution >= 4 is 38.8 Å². The molecule has 0 saturated carbocycles. The van der Waals surface area contributed by atoms with E-state index in [4.69, 9.17) is 0 Å². The van der Waals surface area contributed by atoms with Gasteiger partial charge in [0.2, 0.25) is 0 Å². The molecule has 0 radical (unpaired) electrons. The number of halogens is 1. The number of hydrogen-bond acceptors (Lipinski definition) is 3. The first-order chi connectivity index (χ1) is 9.55. The highest BCUT2D eigenvalue weighted by molar-refractivity contribution is 14.1. The number of hydrazone groups is 1. The maximum absolute atomic E-state index is 11.8. The van der Waals surface area contributed by atoms with Gasteiger partial charge < -0.3 is 0 Å². The quantitative estimate of drug-likeness (QED) is 0.477. The van der Waals surface area contributed by atoms with Crippen LogP contribution in [-0.4, -0.2) is 14.6 Å². The van der Waals surface area contributed by atoms with Crippen molar-refractivity contribution in [1.82, 2.24) is 4.83 Å². The highest BCUT2D eigenvalue weighted by Crippen LogP contribution is 2.06. The van der Waals surface area contributed by atoms with E-state index in [0.29, 0.717) is 0 Å². The van der Waals surface area contributed by atoms with Crippen LogP contribution in [0, 0.1) is 3.57 Å². The summed E-state index contributed by atoms with van der Waals surface area (Å²) in [6.07, 6.45) is 1.49. The van der Waals surface area contributed by atoms with Gasteiger partial charge in [-0.3, -0.25) is 0 Å². The second kappa shape index (κ2) is 6.85. The van der Waals surface area contributed by atoms with Gasteiger partial charge in [0, 0.05) is 3.57 Å². The second-order valence-electron chi connectivity index (χ2n) is 4.15. The van der Waals surface area contributed by atoms with Crippen molar-refractivity contribution in [3.63, 3.8) is 0 Å². The molecule has 0 fully saturated rings. The van der Waals surface area contributed by atoms with Crippen LogP contribution in [0.1, 0.15) is 11.1 Å². The van der Waals surface area contributed by atoms with Gasteiger partial charge in [0.1, 0.15) is 0 Å². The zero-order valence-corrected chi connectivity index (χ0v) is 13.5. The van der Waals surface area contributed by atoms with Crippen molar-refractivity contribution in [3.8, 4) is 0 Å². The molecular formula is C14H13IN2O2S. The van der Waals surface area contributed by atoms with E-state index < -0.39 is 10.0 Å². The van der Waals surface area contributed by atoms with Crippen molar-refractivity contribution in [2.24, 2.45) is 5.10 Å². The number of hydrogen-bond donors (Lipinski definition) is 1. The van der Waals surface area contributed by atoms with Gasteiger partial charge in [-0.15, -0.1) is 0 Å². The first-order valence-electron chi connectivity index (χ1n) is 5.87. The molecule has 4 nitrogen and oxygen atoms in total. The molecule has 0 atom stereocenters. The monoisotopic (exact) mass is 400 g/mol. The molecule has 2 rings (SSSR count). The van der Waals surface area contributed by atoms with Crippen molar-refractivity contribution in [1.29, 1.82) is 0 Å². The smallest absolute Gasteiger partial charge is 0.205 e. The van der Waals surface area contributed by atoms with Crippen LogP contribution in [-0.2, 0) is 15.8 Å². The van der Waals surface area contributed by atoms with Gasteiger partial charge >= 0.3 is 0 Å². The minimum Gasteiger partial charge on any atom is -0.205 e. The van der Waals surface area contributed by atoms with Gasteiger partial charge in [-0.2, -0.15) is 5.10 Å². The normalized spacial score (nSPS) is 11.7. The Labute approximate surface area is 132 Å². The zero-order chi connectivity index (χ0) is 14.4. The molecule has 0 aliphatic carbocycles. The highest BCUT2D eigenvalue weighted by atomic mass is 127. The molecule has 2 aromatic rings. The van der Waals surface area contributed by atoms with Crippen LogP contribution in [0.25, 0.3) is 0 Å². The minimum absolute atomic E-state index is 0.0858. The van der Waals surface area contributed by atoms with Crippen LogP contribution in [0.5, 0.6) is 0 Å². The molecule has 0 spiro atoms. The fourth-order valence-corrected chi connectivity index (χ4v) is 3.07. The first-order valence-corrected chi connectivity index (χ1v) is 8.60. The van der Waals surface area contributed by atoms with E-state index in [1.807, 2.05) is 30.3 Å². The lowest BCUT2D eigenvalue weighted by Crippen LogP contribution is -2.20. The Morgan fingerprint density at radius 3 is 2.55 bits per heavy atom. The molecule has 0 aromatic heterocycles. The van der Waals surface area contributed by atoms with Crippen molar-refractivity contribution < 1.29 is 8.42 Å². The average molecular weight is 400 g/mol. The minimum atomic E-state index is -3.46. The van der Waals surface area contributed by atoms with Crippen molar-refractivity contribution in [3.05, 3.63) is 69.3 Å². The molecule has 0 bridgehead atoms. The summed E-state index contributed by atoms with van der Waals surface area (Å²) in [5, 5.41) is 3.78. The third kappa shape index (κ3) is 4.93. The molecule has 0 aliphatic rings. The molecule has 0 heterocycles. The van der Waals surface area contributed by atoms with Crippen LogP contribution in [0.4, 0.5) is 0 Å². The Balaban J connectivity index is 1.99. The average Bonchev–Trinajstić information content (AvgIpc) is 2.39. The van der Waals surface area contributed by atoms with Gasteiger partial charge in [-0.25, -0.2) is 13.2 Å². The second-order valence-corrected chi connectivity index (χ2v) is 7.10. The molecule has 0 unspecified atom stereocenters. The lowest BCUT2D eigenvalue weighted by molar-refractivity contribution is 0.584. The van der Waals surface area contributed by atoms with E-state index in [9.17, 15) is 8.42 Å². The van der Waals surface area contributed by atoms with E-state index in [1.54, 1.807) is 24.3 Å². The first kappa shape index (κ1) is 15.0. The molecule has 6 heteroatoms. The number of benzene rings is 2. The predicted octanol–water partition coefficient (Wildman–Crippen LogP) is 2.74. The van der Waals surface area contributed by atoms with Gasteiger partial charge in [0.15, 0.2) is 0 Å². The summed E-state index contributed by atoms with van der Waals surface area (Å²) in [5.41, 5.74) is 1.57. The Hall–Kier alpha value is -1.41. The predicted molar refractivity (Wildman–Crippen MR) is 89.0 cm³/mol. The molecule has 2 aromatic carbocycles. The van der Waals surface area contributed by atoms with Gasteiger partial charge in [-0.05, 0) is 45.9 Å². The fourth-order valence-electron chi connectivity index (χ4n) is 1.59. The van der Waals surface area contributed by atoms with Crippen LogP contribution in [0.15, 0.2) is 59.7 Å². The van der Waals surface area contributed by atoms with Crippen molar-refractivity contribution in [2.45, 2.75) is 5.75 Å². The number of nitrogens with one attached hydrogen (secondary N) is 1. The van der Waals surface area contributed by atoms with Gasteiger partial charge in [0.05, 0.1) is 12.0 Å². The summed E-state index contributed by atoms with van der Waals surface area (Å²) in [4.78, 5) is 2.21. The van der Waals surface area contributed by atoms with E-state index >= 15 is 0 Å². The molecule has 0 aliphatic heterocycles. The number of rotatable bonds is 5. The van der Waals surface area contributed by atoms with Crippen LogP contribution in [0.3, 0.4) is 0 Å². The SMILES string of the molecule is O=S(=O)(Cc1ccccc1)NN=Cc1cccc(I)c1. The van der Waals surface area contributed by atoms with Gasteiger partial charge in [-0.1, -0.05) is 42.5 Å². The molecule has 104 valence electrons. The van der Waals surface area contributed by atoms with E-state index in [0.717, 1.165) is 14.7 Å². The summed E-state index contributed by atoms with van der Waals surface area (Å²) in [7, 11) is -3.46. The summed E-state index contributed by atoms with van der Waals surface area (Å²) in [5.74, 6) is -0.0858. The number of nitrogens with zero attached hydrogens (tertiary/aromatic N) is 1. The molecular weight excluding hydrogens is 387 g/mol.